The summed E-state index contributed by atoms with van der Waals surface area (Å²) in [4.78, 5) is 0. The van der Waals surface area contributed by atoms with Gasteiger partial charge in [0.15, 0.2) is 0 Å². The predicted molar refractivity (Wildman–Crippen MR) is 40.4 cm³/mol. The van der Waals surface area contributed by atoms with Crippen LogP contribution in [-0.4, -0.2) is 23.9 Å². The normalized spacial score (nSPS) is 60.3. The number of fused-ring (bicyclic) bond motifs is 1. The van der Waals surface area contributed by atoms with Crippen LogP contribution in [-0.2, 0) is 9.47 Å². The fraction of sp³-hybridized carbons (Fsp3) is 1.00. The molecular weight excluding hydrogens is 140 g/mol. The fourth-order valence-corrected chi connectivity index (χ4v) is 2.53. The number of ether oxygens (including phenoxy) is 2. The quantitative estimate of drug-likeness (QED) is 0.534. The molecule has 2 heterocycles. The minimum absolute atomic E-state index is 0.109. The van der Waals surface area contributed by atoms with Gasteiger partial charge in [-0.05, 0) is 19.8 Å². The van der Waals surface area contributed by atoms with Crippen LogP contribution in [0.5, 0.6) is 0 Å². The molecule has 3 aliphatic rings. The average Bonchev–Trinajstić information content (AvgIpc) is 2.82. The van der Waals surface area contributed by atoms with Gasteiger partial charge in [0, 0.05) is 0 Å². The van der Waals surface area contributed by atoms with E-state index in [0.29, 0.717) is 6.10 Å². The molecule has 2 heteroatoms. The summed E-state index contributed by atoms with van der Waals surface area (Å²) in [5.41, 5.74) is 0.281. The third-order valence-corrected chi connectivity index (χ3v) is 3.55. The molecule has 0 radical (unpaired) electrons. The summed E-state index contributed by atoms with van der Waals surface area (Å²) in [5, 5.41) is 0. The van der Waals surface area contributed by atoms with Gasteiger partial charge in [0.1, 0.15) is 11.2 Å². The molecule has 3 fully saturated rings. The number of hydrogen-bond donors (Lipinski definition) is 0. The van der Waals surface area contributed by atoms with E-state index in [4.69, 9.17) is 9.47 Å². The molecule has 2 saturated heterocycles. The number of rotatable bonds is 1. The molecule has 3 rings (SSSR count). The first-order chi connectivity index (χ1) is 5.27. The van der Waals surface area contributed by atoms with E-state index in [-0.39, 0.29) is 11.2 Å². The maximum absolute atomic E-state index is 5.77. The first-order valence-electron chi connectivity index (χ1n) is 4.59. The molecule has 3 unspecified atom stereocenters. The molecule has 0 aromatic rings. The number of epoxide rings is 2. The first kappa shape index (κ1) is 6.44. The molecule has 2 aliphatic heterocycles. The zero-order valence-electron chi connectivity index (χ0n) is 6.93. The molecule has 0 amide bonds. The Morgan fingerprint density at radius 2 is 2.18 bits per heavy atom. The lowest BCUT2D eigenvalue weighted by molar-refractivity contribution is 0.158. The van der Waals surface area contributed by atoms with Crippen LogP contribution in [0.4, 0.5) is 0 Å². The van der Waals surface area contributed by atoms with Crippen molar-refractivity contribution in [1.82, 2.24) is 0 Å². The third kappa shape index (κ3) is 0.651. The van der Waals surface area contributed by atoms with Crippen LogP contribution in [0.3, 0.4) is 0 Å². The van der Waals surface area contributed by atoms with Crippen molar-refractivity contribution in [2.45, 2.75) is 49.9 Å². The Labute approximate surface area is 66.9 Å². The van der Waals surface area contributed by atoms with Crippen LogP contribution in [0.2, 0.25) is 0 Å². The van der Waals surface area contributed by atoms with Crippen molar-refractivity contribution in [1.29, 1.82) is 0 Å². The Morgan fingerprint density at radius 3 is 2.82 bits per heavy atom. The van der Waals surface area contributed by atoms with Gasteiger partial charge in [-0.25, -0.2) is 0 Å². The minimum atomic E-state index is 0.109. The Bertz CT molecular complexity index is 198. The predicted octanol–water partition coefficient (Wildman–Crippen LogP) is 1.49. The van der Waals surface area contributed by atoms with E-state index in [1.807, 2.05) is 0 Å². The van der Waals surface area contributed by atoms with Gasteiger partial charge in [-0.15, -0.1) is 0 Å². The highest BCUT2D eigenvalue weighted by molar-refractivity contribution is 5.20. The molecule has 0 aromatic carbocycles. The monoisotopic (exact) mass is 154 g/mol. The maximum Gasteiger partial charge on any atom is 0.126 e. The smallest absolute Gasteiger partial charge is 0.126 e. The average molecular weight is 154 g/mol. The van der Waals surface area contributed by atoms with Gasteiger partial charge in [-0.2, -0.15) is 0 Å². The summed E-state index contributed by atoms with van der Waals surface area (Å²) in [5.74, 6) is 0. The van der Waals surface area contributed by atoms with Gasteiger partial charge in [0.25, 0.3) is 0 Å². The summed E-state index contributed by atoms with van der Waals surface area (Å²) in [6.07, 6.45) is 5.72. The van der Waals surface area contributed by atoms with E-state index in [1.165, 1.54) is 25.7 Å². The van der Waals surface area contributed by atoms with Crippen LogP contribution in [0.1, 0.15) is 32.6 Å². The minimum Gasteiger partial charge on any atom is -0.367 e. The summed E-state index contributed by atoms with van der Waals surface area (Å²) < 4.78 is 11.2. The molecule has 2 nitrogen and oxygen atoms in total. The molecular formula is C9H14O2. The standard InChI is InChI=1S/C9H14O2/c1-8(6-10-8)9-5-3-2-4-7(9)11-9/h7H,2-6H2,1H3. The van der Waals surface area contributed by atoms with E-state index in [1.54, 1.807) is 0 Å². The lowest BCUT2D eigenvalue weighted by Gasteiger charge is -2.20. The molecule has 0 aromatic heterocycles. The summed E-state index contributed by atoms with van der Waals surface area (Å²) >= 11 is 0. The van der Waals surface area contributed by atoms with Crippen molar-refractivity contribution in [3.8, 4) is 0 Å². The van der Waals surface area contributed by atoms with Gasteiger partial charge in [-0.1, -0.05) is 12.8 Å². The molecule has 0 N–H and O–H groups in total. The van der Waals surface area contributed by atoms with Crippen LogP contribution >= 0.6 is 0 Å². The van der Waals surface area contributed by atoms with Gasteiger partial charge in [0.2, 0.25) is 0 Å². The van der Waals surface area contributed by atoms with E-state index in [9.17, 15) is 0 Å². The number of hydrogen-bond acceptors (Lipinski definition) is 2. The molecule has 1 aliphatic carbocycles. The third-order valence-electron chi connectivity index (χ3n) is 3.55. The van der Waals surface area contributed by atoms with Crippen molar-refractivity contribution in [3.63, 3.8) is 0 Å². The van der Waals surface area contributed by atoms with Gasteiger partial charge >= 0.3 is 0 Å². The SMILES string of the molecule is CC1(C23CCCCC2O3)CO1. The highest BCUT2D eigenvalue weighted by Gasteiger charge is 2.73. The van der Waals surface area contributed by atoms with Crippen LogP contribution in [0, 0.1) is 0 Å². The topological polar surface area (TPSA) is 25.1 Å². The zero-order valence-corrected chi connectivity index (χ0v) is 6.93. The highest BCUT2D eigenvalue weighted by Crippen LogP contribution is 2.59. The van der Waals surface area contributed by atoms with E-state index in [0.717, 1.165) is 6.61 Å². The zero-order chi connectivity index (χ0) is 7.53. The van der Waals surface area contributed by atoms with Crippen LogP contribution < -0.4 is 0 Å². The van der Waals surface area contributed by atoms with Crippen molar-refractivity contribution in [2.24, 2.45) is 0 Å². The fourth-order valence-electron chi connectivity index (χ4n) is 2.53. The second-order valence-electron chi connectivity index (χ2n) is 4.26. The summed E-state index contributed by atoms with van der Waals surface area (Å²) in [6.45, 7) is 3.11. The molecule has 1 saturated carbocycles. The van der Waals surface area contributed by atoms with Gasteiger partial charge in [-0.3, -0.25) is 0 Å². The largest absolute Gasteiger partial charge is 0.367 e. The summed E-state index contributed by atoms with van der Waals surface area (Å²) in [7, 11) is 0. The van der Waals surface area contributed by atoms with Crippen molar-refractivity contribution in [2.75, 3.05) is 6.61 Å². The van der Waals surface area contributed by atoms with Crippen LogP contribution in [0.15, 0.2) is 0 Å². The highest BCUT2D eigenvalue weighted by atomic mass is 16.7. The Hall–Kier alpha value is -0.0800. The van der Waals surface area contributed by atoms with Crippen LogP contribution in [0.25, 0.3) is 0 Å². The molecule has 0 bridgehead atoms. The van der Waals surface area contributed by atoms with Gasteiger partial charge < -0.3 is 9.47 Å². The van der Waals surface area contributed by atoms with Crippen molar-refractivity contribution in [3.05, 3.63) is 0 Å². The second kappa shape index (κ2) is 1.64. The van der Waals surface area contributed by atoms with E-state index >= 15 is 0 Å². The lowest BCUT2D eigenvalue weighted by atomic mass is 9.80. The first-order valence-corrected chi connectivity index (χ1v) is 4.59. The molecule has 62 valence electrons. The maximum atomic E-state index is 5.77. The lowest BCUT2D eigenvalue weighted by Crippen LogP contribution is -2.35. The van der Waals surface area contributed by atoms with Crippen molar-refractivity contribution >= 4 is 0 Å². The molecule has 0 spiro atoms. The van der Waals surface area contributed by atoms with E-state index in [2.05, 4.69) is 6.92 Å². The van der Waals surface area contributed by atoms with Gasteiger partial charge in [0.05, 0.1) is 12.7 Å². The second-order valence-corrected chi connectivity index (χ2v) is 4.26. The van der Waals surface area contributed by atoms with Crippen molar-refractivity contribution < 1.29 is 9.47 Å². The Kier molecular flexibility index (Phi) is 0.961. The Balaban J connectivity index is 1.85. The molecule has 11 heavy (non-hydrogen) atoms. The summed E-state index contributed by atoms with van der Waals surface area (Å²) in [6, 6.07) is 0. The Morgan fingerprint density at radius 1 is 1.36 bits per heavy atom. The van der Waals surface area contributed by atoms with E-state index < -0.39 is 0 Å². The molecule has 3 atom stereocenters.